The van der Waals surface area contributed by atoms with Gasteiger partial charge in [-0.15, -0.1) is 0 Å². The summed E-state index contributed by atoms with van der Waals surface area (Å²) < 4.78 is 62.6. The third kappa shape index (κ3) is 4.91. The van der Waals surface area contributed by atoms with Crippen molar-refractivity contribution in [2.24, 2.45) is 11.8 Å². The maximum atomic E-state index is 11.6. The molecule has 0 radical (unpaired) electrons. The lowest BCUT2D eigenvalue weighted by Gasteiger charge is -2.34. The maximum absolute atomic E-state index is 11.6. The summed E-state index contributed by atoms with van der Waals surface area (Å²) in [5.74, 6) is -0.251. The van der Waals surface area contributed by atoms with Crippen LogP contribution in [0.25, 0.3) is 0 Å². The first-order valence-electron chi connectivity index (χ1n) is 7.57. The van der Waals surface area contributed by atoms with Gasteiger partial charge in [0.15, 0.2) is 0 Å². The molecule has 0 rings (SSSR count). The predicted octanol–water partition coefficient (Wildman–Crippen LogP) is 3.15. The number of rotatable bonds is 9. The Bertz CT molecular complexity index is 516. The Kier molecular flexibility index (Phi) is 7.09. The minimum atomic E-state index is -4.19. The lowest BCUT2D eigenvalue weighted by molar-refractivity contribution is 0.264. The van der Waals surface area contributed by atoms with Crippen LogP contribution in [0.2, 0.25) is 0 Å². The molecular weight excluding hydrogens is 328 g/mol. The van der Waals surface area contributed by atoms with E-state index in [4.69, 9.17) is 0 Å². The molecule has 2 N–H and O–H groups in total. The van der Waals surface area contributed by atoms with E-state index in [1.165, 1.54) is 13.8 Å². The van der Waals surface area contributed by atoms with Crippen molar-refractivity contribution in [3.8, 4) is 0 Å². The van der Waals surface area contributed by atoms with Crippen molar-refractivity contribution in [2.75, 3.05) is 0 Å². The van der Waals surface area contributed by atoms with Crippen LogP contribution in [0.3, 0.4) is 0 Å². The fraction of sp³-hybridized carbons (Fsp3) is 1.00. The molecule has 0 aromatic rings. The topological polar surface area (TPSA) is 109 Å². The van der Waals surface area contributed by atoms with E-state index in [0.29, 0.717) is 0 Å². The molecule has 0 bridgehead atoms. The molecule has 0 fully saturated rings. The molecule has 0 heterocycles. The molecule has 22 heavy (non-hydrogen) atoms. The fourth-order valence-electron chi connectivity index (χ4n) is 2.63. The third-order valence-electron chi connectivity index (χ3n) is 5.22. The molecule has 0 saturated carbocycles. The van der Waals surface area contributed by atoms with Gasteiger partial charge in [0.2, 0.25) is 0 Å². The summed E-state index contributed by atoms with van der Waals surface area (Å²) in [6.07, 6.45) is 1.00. The van der Waals surface area contributed by atoms with Crippen molar-refractivity contribution < 1.29 is 25.9 Å². The molecule has 4 unspecified atom stereocenters. The second-order valence-corrected chi connectivity index (χ2v) is 10.8. The normalized spacial score (nSPS) is 21.6. The van der Waals surface area contributed by atoms with E-state index in [2.05, 4.69) is 0 Å². The largest absolute Gasteiger partial charge is 0.285 e. The van der Waals surface area contributed by atoms with Gasteiger partial charge in [-0.25, -0.2) is 0 Å². The van der Waals surface area contributed by atoms with Crippen LogP contribution < -0.4 is 0 Å². The SMILES string of the molecule is CCC(C)(CC(C)C(C)CC(C)(CC)S(=O)(=O)O)S(=O)(=O)O. The van der Waals surface area contributed by atoms with Gasteiger partial charge in [0, 0.05) is 0 Å². The van der Waals surface area contributed by atoms with E-state index in [-0.39, 0.29) is 37.5 Å². The zero-order valence-electron chi connectivity index (χ0n) is 14.3. The molecule has 4 atom stereocenters. The van der Waals surface area contributed by atoms with Crippen molar-refractivity contribution in [3.05, 3.63) is 0 Å². The highest BCUT2D eigenvalue weighted by Crippen LogP contribution is 2.37. The fourth-order valence-corrected chi connectivity index (χ4v) is 4.31. The second kappa shape index (κ2) is 7.15. The maximum Gasteiger partial charge on any atom is 0.270 e. The first kappa shape index (κ1) is 21.8. The van der Waals surface area contributed by atoms with E-state index in [1.54, 1.807) is 13.8 Å². The Balaban J connectivity index is 5.22. The molecule has 6 nitrogen and oxygen atoms in total. The van der Waals surface area contributed by atoms with E-state index >= 15 is 0 Å². The minimum absolute atomic E-state index is 0.125. The quantitative estimate of drug-likeness (QED) is 0.613. The summed E-state index contributed by atoms with van der Waals surface area (Å²) in [7, 11) is -8.38. The summed E-state index contributed by atoms with van der Waals surface area (Å²) in [6.45, 7) is 10.0. The van der Waals surface area contributed by atoms with Gasteiger partial charge < -0.3 is 0 Å². The highest BCUT2D eigenvalue weighted by molar-refractivity contribution is 7.87. The Morgan fingerprint density at radius 2 is 1.00 bits per heavy atom. The van der Waals surface area contributed by atoms with Gasteiger partial charge in [-0.05, 0) is 51.4 Å². The van der Waals surface area contributed by atoms with Crippen molar-refractivity contribution in [1.82, 2.24) is 0 Å². The summed E-state index contributed by atoms with van der Waals surface area (Å²) >= 11 is 0. The summed E-state index contributed by atoms with van der Waals surface area (Å²) in [6, 6.07) is 0. The monoisotopic (exact) mass is 358 g/mol. The number of hydrogen-bond acceptors (Lipinski definition) is 4. The highest BCUT2D eigenvalue weighted by atomic mass is 32.2. The van der Waals surface area contributed by atoms with Crippen LogP contribution in [0.4, 0.5) is 0 Å². The molecule has 0 saturated heterocycles. The molecule has 0 amide bonds. The zero-order valence-corrected chi connectivity index (χ0v) is 16.0. The average molecular weight is 359 g/mol. The first-order chi connectivity index (χ1) is 9.63. The van der Waals surface area contributed by atoms with Crippen LogP contribution >= 0.6 is 0 Å². The Morgan fingerprint density at radius 1 is 0.773 bits per heavy atom. The summed E-state index contributed by atoms with van der Waals surface area (Å²) in [4.78, 5) is 0. The van der Waals surface area contributed by atoms with Crippen LogP contribution in [0.1, 0.15) is 67.2 Å². The van der Waals surface area contributed by atoms with E-state index in [9.17, 15) is 25.9 Å². The molecule has 0 aliphatic heterocycles. The standard InChI is InChI=1S/C14H30O6S2/c1-7-13(5,21(15,16)17)9-11(3)12(4)10-14(6,8-2)22(18,19)20/h11-12H,7-10H2,1-6H3,(H,15,16,17)(H,18,19,20). The van der Waals surface area contributed by atoms with E-state index in [1.807, 2.05) is 13.8 Å². The zero-order chi connectivity index (χ0) is 18.0. The van der Waals surface area contributed by atoms with Crippen LogP contribution in [0, 0.1) is 11.8 Å². The van der Waals surface area contributed by atoms with E-state index < -0.39 is 29.7 Å². The lowest BCUT2D eigenvalue weighted by atomic mass is 9.81. The molecule has 134 valence electrons. The Labute approximate surface area is 135 Å². The van der Waals surface area contributed by atoms with Crippen molar-refractivity contribution in [3.63, 3.8) is 0 Å². The van der Waals surface area contributed by atoms with Gasteiger partial charge in [0.05, 0.1) is 9.49 Å². The second-order valence-electron chi connectivity index (χ2n) is 6.92. The molecule has 0 spiro atoms. The number of hydrogen-bond donors (Lipinski definition) is 2. The molecule has 0 aliphatic rings. The van der Waals surface area contributed by atoms with Crippen molar-refractivity contribution in [2.45, 2.75) is 76.7 Å². The Hall–Kier alpha value is -0.180. The minimum Gasteiger partial charge on any atom is -0.285 e. The molecule has 0 aromatic carbocycles. The summed E-state index contributed by atoms with van der Waals surface area (Å²) in [5, 5.41) is 0. The van der Waals surface area contributed by atoms with Gasteiger partial charge in [0.25, 0.3) is 20.2 Å². The van der Waals surface area contributed by atoms with Gasteiger partial charge >= 0.3 is 0 Å². The molecular formula is C14H30O6S2. The third-order valence-corrected chi connectivity index (χ3v) is 8.62. The molecule has 0 aromatic heterocycles. The first-order valence-corrected chi connectivity index (χ1v) is 10.5. The van der Waals surface area contributed by atoms with Crippen molar-refractivity contribution >= 4 is 20.2 Å². The lowest BCUT2D eigenvalue weighted by Crippen LogP contribution is -2.40. The smallest absolute Gasteiger partial charge is 0.270 e. The average Bonchev–Trinajstić information content (AvgIpc) is 2.35. The van der Waals surface area contributed by atoms with Crippen LogP contribution in [-0.4, -0.2) is 35.4 Å². The van der Waals surface area contributed by atoms with Crippen LogP contribution in [-0.2, 0) is 20.2 Å². The summed E-state index contributed by atoms with van der Waals surface area (Å²) in [5.41, 5.74) is 0. The predicted molar refractivity (Wildman–Crippen MR) is 88.1 cm³/mol. The highest BCUT2D eigenvalue weighted by Gasteiger charge is 2.42. The van der Waals surface area contributed by atoms with Gasteiger partial charge in [-0.1, -0.05) is 27.7 Å². The van der Waals surface area contributed by atoms with Gasteiger partial charge in [-0.2, -0.15) is 16.8 Å². The Morgan fingerprint density at radius 3 is 1.14 bits per heavy atom. The molecule has 8 heteroatoms. The van der Waals surface area contributed by atoms with Crippen molar-refractivity contribution in [1.29, 1.82) is 0 Å². The van der Waals surface area contributed by atoms with Gasteiger partial charge in [-0.3, -0.25) is 9.11 Å². The molecule has 0 aliphatic carbocycles. The van der Waals surface area contributed by atoms with Gasteiger partial charge in [0.1, 0.15) is 0 Å². The van der Waals surface area contributed by atoms with E-state index in [0.717, 1.165) is 0 Å². The van der Waals surface area contributed by atoms with Crippen LogP contribution in [0.5, 0.6) is 0 Å². The van der Waals surface area contributed by atoms with Crippen LogP contribution in [0.15, 0.2) is 0 Å².